The van der Waals surface area contributed by atoms with Gasteiger partial charge in [0.2, 0.25) is 0 Å². The minimum atomic E-state index is -4.54. The number of hydrogen-bond acceptors (Lipinski definition) is 5. The Morgan fingerprint density at radius 1 is 1.13 bits per heavy atom. The highest BCUT2D eigenvalue weighted by molar-refractivity contribution is 5.97. The molecule has 3 rings (SSSR count). The molecule has 6 nitrogen and oxygen atoms in total. The van der Waals surface area contributed by atoms with Gasteiger partial charge in [0.1, 0.15) is 17.5 Å². The minimum Gasteiger partial charge on any atom is -0.482 e. The number of alkyl halides is 3. The lowest BCUT2D eigenvalue weighted by Gasteiger charge is -2.15. The molecule has 0 aliphatic carbocycles. The SMILES string of the molecule is N#Cc1ccc(CC(=O)c2cccn(-c3ccccc3OCC(F)(F)F)c2=O)cn1. The summed E-state index contributed by atoms with van der Waals surface area (Å²) in [7, 11) is 0. The van der Waals surface area contributed by atoms with Crippen molar-refractivity contribution in [2.75, 3.05) is 6.61 Å². The van der Waals surface area contributed by atoms with Gasteiger partial charge >= 0.3 is 6.18 Å². The number of benzene rings is 1. The Labute approximate surface area is 168 Å². The largest absolute Gasteiger partial charge is 0.482 e. The van der Waals surface area contributed by atoms with E-state index in [0.717, 1.165) is 4.57 Å². The van der Waals surface area contributed by atoms with E-state index < -0.39 is 24.1 Å². The molecule has 0 radical (unpaired) electrons. The molecule has 0 bridgehead atoms. The predicted molar refractivity (Wildman–Crippen MR) is 101 cm³/mol. The lowest BCUT2D eigenvalue weighted by molar-refractivity contribution is -0.153. The van der Waals surface area contributed by atoms with Gasteiger partial charge < -0.3 is 4.74 Å². The number of nitriles is 1. The van der Waals surface area contributed by atoms with Crippen LogP contribution in [0.15, 0.2) is 65.7 Å². The first-order valence-electron chi connectivity index (χ1n) is 8.67. The van der Waals surface area contributed by atoms with Gasteiger partial charge in [0.15, 0.2) is 12.4 Å². The summed E-state index contributed by atoms with van der Waals surface area (Å²) in [4.78, 5) is 29.4. The van der Waals surface area contributed by atoms with E-state index in [0.29, 0.717) is 5.56 Å². The summed E-state index contributed by atoms with van der Waals surface area (Å²) < 4.78 is 43.4. The number of aromatic nitrogens is 2. The second-order valence-electron chi connectivity index (χ2n) is 6.23. The lowest BCUT2D eigenvalue weighted by Crippen LogP contribution is -2.26. The Hall–Kier alpha value is -3.93. The molecule has 0 unspecified atom stereocenters. The van der Waals surface area contributed by atoms with Gasteiger partial charge in [-0.3, -0.25) is 14.2 Å². The number of halogens is 3. The van der Waals surface area contributed by atoms with Gasteiger partial charge in [-0.15, -0.1) is 0 Å². The molecular formula is C21H14F3N3O3. The van der Waals surface area contributed by atoms with Gasteiger partial charge in [-0.05, 0) is 35.9 Å². The standard InChI is InChI=1S/C21H14F3N3O3/c22-21(23,24)13-30-19-6-2-1-5-17(19)27-9-3-4-16(20(27)29)18(28)10-14-7-8-15(11-25)26-12-14/h1-9,12H,10,13H2. The monoisotopic (exact) mass is 413 g/mol. The van der Waals surface area contributed by atoms with Crippen LogP contribution in [0.5, 0.6) is 5.75 Å². The number of para-hydroxylation sites is 2. The molecule has 0 saturated carbocycles. The second kappa shape index (κ2) is 8.61. The average Bonchev–Trinajstić information content (AvgIpc) is 2.72. The molecule has 2 aromatic heterocycles. The molecule has 0 aliphatic heterocycles. The summed E-state index contributed by atoms with van der Waals surface area (Å²) >= 11 is 0. The van der Waals surface area contributed by atoms with E-state index in [1.165, 1.54) is 48.8 Å². The van der Waals surface area contributed by atoms with Gasteiger partial charge in [-0.2, -0.15) is 18.4 Å². The molecule has 0 fully saturated rings. The molecule has 152 valence electrons. The lowest BCUT2D eigenvalue weighted by atomic mass is 10.1. The molecule has 30 heavy (non-hydrogen) atoms. The predicted octanol–water partition coefficient (Wildman–Crippen LogP) is 3.47. The topological polar surface area (TPSA) is 85.0 Å². The van der Waals surface area contributed by atoms with Gasteiger partial charge in [-0.1, -0.05) is 18.2 Å². The first kappa shape index (κ1) is 20.8. The summed E-state index contributed by atoms with van der Waals surface area (Å²) in [6.45, 7) is -1.51. The maximum absolute atomic E-state index is 12.9. The van der Waals surface area contributed by atoms with Gasteiger partial charge in [0.25, 0.3) is 5.56 Å². The van der Waals surface area contributed by atoms with Crippen LogP contribution in [0.25, 0.3) is 5.69 Å². The zero-order valence-corrected chi connectivity index (χ0v) is 15.4. The fourth-order valence-corrected chi connectivity index (χ4v) is 2.71. The smallest absolute Gasteiger partial charge is 0.422 e. The number of ether oxygens (including phenoxy) is 1. The number of nitrogens with zero attached hydrogens (tertiary/aromatic N) is 3. The Bertz CT molecular complexity index is 1160. The van der Waals surface area contributed by atoms with Crippen molar-refractivity contribution in [1.29, 1.82) is 5.26 Å². The van der Waals surface area contributed by atoms with Gasteiger partial charge in [0, 0.05) is 18.8 Å². The summed E-state index contributed by atoms with van der Waals surface area (Å²) in [6.07, 6.45) is -1.94. The maximum atomic E-state index is 12.9. The van der Waals surface area contributed by atoms with Crippen LogP contribution in [-0.4, -0.2) is 28.1 Å². The Morgan fingerprint density at radius 2 is 1.90 bits per heavy atom. The van der Waals surface area contributed by atoms with Crippen LogP contribution < -0.4 is 10.3 Å². The van der Waals surface area contributed by atoms with E-state index in [2.05, 4.69) is 4.98 Å². The van der Waals surface area contributed by atoms with Crippen LogP contribution in [0.1, 0.15) is 21.6 Å². The second-order valence-corrected chi connectivity index (χ2v) is 6.23. The molecule has 2 heterocycles. The highest BCUT2D eigenvalue weighted by Gasteiger charge is 2.29. The summed E-state index contributed by atoms with van der Waals surface area (Å²) in [5, 5.41) is 8.77. The quantitative estimate of drug-likeness (QED) is 0.578. The van der Waals surface area contributed by atoms with E-state index in [4.69, 9.17) is 10.00 Å². The maximum Gasteiger partial charge on any atom is 0.422 e. The molecule has 0 amide bonds. The minimum absolute atomic E-state index is 0.0847. The first-order valence-corrected chi connectivity index (χ1v) is 8.67. The van der Waals surface area contributed by atoms with E-state index in [9.17, 15) is 22.8 Å². The molecule has 0 saturated heterocycles. The van der Waals surface area contributed by atoms with Crippen molar-refractivity contribution in [3.05, 3.63) is 88.1 Å². The Balaban J connectivity index is 1.91. The third-order valence-electron chi connectivity index (χ3n) is 4.07. The number of ketones is 1. The fraction of sp³-hybridized carbons (Fsp3) is 0.143. The van der Waals surface area contributed by atoms with Crippen LogP contribution in [0, 0.1) is 11.3 Å². The first-order chi connectivity index (χ1) is 14.3. The van der Waals surface area contributed by atoms with Crippen molar-refractivity contribution in [2.24, 2.45) is 0 Å². The third-order valence-corrected chi connectivity index (χ3v) is 4.07. The molecule has 0 aliphatic rings. The van der Waals surface area contributed by atoms with Crippen molar-refractivity contribution >= 4 is 5.78 Å². The molecule has 1 aromatic carbocycles. The number of carbonyl (C=O) groups is 1. The highest BCUT2D eigenvalue weighted by Crippen LogP contribution is 2.24. The number of rotatable bonds is 6. The van der Waals surface area contributed by atoms with E-state index in [1.807, 2.05) is 6.07 Å². The van der Waals surface area contributed by atoms with Crippen LogP contribution in [0.4, 0.5) is 13.2 Å². The molecule has 0 N–H and O–H groups in total. The van der Waals surface area contributed by atoms with Crippen LogP contribution in [0.2, 0.25) is 0 Å². The van der Waals surface area contributed by atoms with Crippen LogP contribution in [-0.2, 0) is 6.42 Å². The molecule has 9 heteroatoms. The van der Waals surface area contributed by atoms with Crippen molar-refractivity contribution in [1.82, 2.24) is 9.55 Å². The van der Waals surface area contributed by atoms with Crippen molar-refractivity contribution in [3.63, 3.8) is 0 Å². The summed E-state index contributed by atoms with van der Waals surface area (Å²) in [5.74, 6) is -0.632. The third kappa shape index (κ3) is 4.91. The van der Waals surface area contributed by atoms with Crippen molar-refractivity contribution < 1.29 is 22.7 Å². The van der Waals surface area contributed by atoms with E-state index in [1.54, 1.807) is 12.1 Å². The zero-order valence-electron chi connectivity index (χ0n) is 15.4. The van der Waals surface area contributed by atoms with Crippen molar-refractivity contribution in [2.45, 2.75) is 12.6 Å². The van der Waals surface area contributed by atoms with Crippen LogP contribution >= 0.6 is 0 Å². The highest BCUT2D eigenvalue weighted by atomic mass is 19.4. The van der Waals surface area contributed by atoms with Crippen molar-refractivity contribution in [3.8, 4) is 17.5 Å². The normalized spacial score (nSPS) is 11.0. The number of pyridine rings is 2. The van der Waals surface area contributed by atoms with Gasteiger partial charge in [-0.25, -0.2) is 4.98 Å². The Morgan fingerprint density at radius 3 is 2.57 bits per heavy atom. The van der Waals surface area contributed by atoms with E-state index in [-0.39, 0.29) is 29.1 Å². The number of hydrogen-bond donors (Lipinski definition) is 0. The molecular weight excluding hydrogens is 399 g/mol. The molecule has 0 atom stereocenters. The average molecular weight is 413 g/mol. The summed E-state index contributed by atoms with van der Waals surface area (Å²) in [5.41, 5.74) is -0.0208. The number of Topliss-reactive ketones (excluding diaryl/α,β-unsaturated/α-hetero) is 1. The molecule has 3 aromatic rings. The van der Waals surface area contributed by atoms with Crippen LogP contribution in [0.3, 0.4) is 0 Å². The fourth-order valence-electron chi connectivity index (χ4n) is 2.71. The van der Waals surface area contributed by atoms with E-state index >= 15 is 0 Å². The number of carbonyl (C=O) groups excluding carboxylic acids is 1. The molecule has 0 spiro atoms. The summed E-state index contributed by atoms with van der Waals surface area (Å²) in [6, 6.07) is 13.4. The Kier molecular flexibility index (Phi) is 5.97. The zero-order chi connectivity index (χ0) is 21.7. The van der Waals surface area contributed by atoms with Gasteiger partial charge in [0.05, 0.1) is 11.3 Å².